The molecule has 0 saturated carbocycles. The number of aryl methyl sites for hydroxylation is 1. The molecule has 1 aliphatic heterocycles. The van der Waals surface area contributed by atoms with Gasteiger partial charge < -0.3 is 15.0 Å². The molecule has 1 N–H and O–H groups in total. The van der Waals surface area contributed by atoms with Crippen LogP contribution in [0.2, 0.25) is 0 Å². The van der Waals surface area contributed by atoms with Gasteiger partial charge in [0.15, 0.2) is 5.82 Å². The number of nitrogens with one attached hydrogen (secondary N) is 1. The van der Waals surface area contributed by atoms with E-state index in [4.69, 9.17) is 4.74 Å². The van der Waals surface area contributed by atoms with Gasteiger partial charge in [0, 0.05) is 19.6 Å². The van der Waals surface area contributed by atoms with Crippen LogP contribution in [-0.2, 0) is 4.74 Å². The van der Waals surface area contributed by atoms with Gasteiger partial charge in [-0.15, -0.1) is 5.10 Å². The minimum Gasteiger partial charge on any atom is -0.444 e. The topological polar surface area (TPSA) is 91.1 Å². The number of amides is 1. The number of anilines is 1. The number of hydrogen-bond acceptors (Lipinski definition) is 6. The first-order chi connectivity index (χ1) is 11.7. The average molecular weight is 345 g/mol. The average Bonchev–Trinajstić information content (AvgIpc) is 2.54. The molecule has 0 aliphatic carbocycles. The van der Waals surface area contributed by atoms with Crippen LogP contribution in [0.4, 0.5) is 10.6 Å². The molecule has 136 valence electrons. The van der Waals surface area contributed by atoms with Crippen LogP contribution in [0.15, 0.2) is 0 Å². The fourth-order valence-electron chi connectivity index (χ4n) is 2.84. The van der Waals surface area contributed by atoms with E-state index >= 15 is 0 Å². The molecule has 1 saturated heterocycles. The van der Waals surface area contributed by atoms with Gasteiger partial charge in [0.25, 0.3) is 0 Å². The van der Waals surface area contributed by atoms with Gasteiger partial charge in [0.05, 0.1) is 5.69 Å². The lowest BCUT2D eigenvalue weighted by atomic mass is 9.96. The van der Waals surface area contributed by atoms with Crippen molar-refractivity contribution in [3.8, 4) is 6.07 Å². The van der Waals surface area contributed by atoms with E-state index in [0.717, 1.165) is 37.2 Å². The summed E-state index contributed by atoms with van der Waals surface area (Å²) in [4.78, 5) is 13.9. The fourth-order valence-corrected chi connectivity index (χ4v) is 2.84. The highest BCUT2D eigenvalue weighted by atomic mass is 16.6. The Morgan fingerprint density at radius 3 is 2.52 bits per heavy atom. The standard InChI is InChI=1S/C18H27N5O2/c1-12-13(2)21-22-16(15(12)10-19)23-8-6-14(7-9-23)11-20-17(24)25-18(3,4)5/h14H,6-9,11H2,1-5H3,(H,20,24). The molecule has 1 amide bonds. The lowest BCUT2D eigenvalue weighted by molar-refractivity contribution is 0.0517. The molecule has 7 nitrogen and oxygen atoms in total. The molecule has 2 rings (SSSR count). The number of nitriles is 1. The zero-order valence-electron chi connectivity index (χ0n) is 15.7. The van der Waals surface area contributed by atoms with E-state index < -0.39 is 5.60 Å². The van der Waals surface area contributed by atoms with Crippen molar-refractivity contribution in [2.24, 2.45) is 5.92 Å². The number of rotatable bonds is 3. The second-order valence-corrected chi connectivity index (χ2v) is 7.53. The number of hydrogen-bond donors (Lipinski definition) is 1. The van der Waals surface area contributed by atoms with Crippen molar-refractivity contribution < 1.29 is 9.53 Å². The molecule has 0 atom stereocenters. The van der Waals surface area contributed by atoms with Gasteiger partial charge in [-0.1, -0.05) is 0 Å². The van der Waals surface area contributed by atoms with E-state index in [-0.39, 0.29) is 6.09 Å². The molecule has 2 heterocycles. The maximum absolute atomic E-state index is 11.7. The van der Waals surface area contributed by atoms with Crippen LogP contribution >= 0.6 is 0 Å². The van der Waals surface area contributed by atoms with Crippen LogP contribution < -0.4 is 10.2 Å². The maximum atomic E-state index is 11.7. The Bertz CT molecular complexity index is 667. The smallest absolute Gasteiger partial charge is 0.407 e. The van der Waals surface area contributed by atoms with Gasteiger partial charge in [-0.3, -0.25) is 0 Å². The normalized spacial score (nSPS) is 15.6. The van der Waals surface area contributed by atoms with Crippen molar-refractivity contribution in [3.05, 3.63) is 16.8 Å². The number of aromatic nitrogens is 2. The van der Waals surface area contributed by atoms with Crippen molar-refractivity contribution in [1.29, 1.82) is 5.26 Å². The first kappa shape index (κ1) is 19.0. The Balaban J connectivity index is 1.89. The molecule has 1 aromatic rings. The summed E-state index contributed by atoms with van der Waals surface area (Å²) in [5.41, 5.74) is 1.80. The molecule has 7 heteroatoms. The zero-order valence-corrected chi connectivity index (χ0v) is 15.7. The van der Waals surface area contributed by atoms with Crippen LogP contribution in [0.5, 0.6) is 0 Å². The number of nitrogens with zero attached hydrogens (tertiary/aromatic N) is 4. The van der Waals surface area contributed by atoms with Crippen molar-refractivity contribution >= 4 is 11.9 Å². The molecule has 25 heavy (non-hydrogen) atoms. The summed E-state index contributed by atoms with van der Waals surface area (Å²) in [5.74, 6) is 1.07. The molecule has 1 aliphatic rings. The third-order valence-electron chi connectivity index (χ3n) is 4.40. The van der Waals surface area contributed by atoms with Crippen molar-refractivity contribution in [1.82, 2.24) is 15.5 Å². The summed E-state index contributed by atoms with van der Waals surface area (Å²) >= 11 is 0. The van der Waals surface area contributed by atoms with E-state index in [9.17, 15) is 10.1 Å². The Morgan fingerprint density at radius 2 is 1.96 bits per heavy atom. The third-order valence-corrected chi connectivity index (χ3v) is 4.40. The highest BCUT2D eigenvalue weighted by molar-refractivity contribution is 5.67. The summed E-state index contributed by atoms with van der Waals surface area (Å²) in [5, 5.41) is 20.7. The predicted octanol–water partition coefficient (Wildman–Crippen LogP) is 2.71. The minimum absolute atomic E-state index is 0.373. The highest BCUT2D eigenvalue weighted by Crippen LogP contribution is 2.26. The van der Waals surface area contributed by atoms with Crippen molar-refractivity contribution in [2.75, 3.05) is 24.5 Å². The van der Waals surface area contributed by atoms with Crippen molar-refractivity contribution in [3.63, 3.8) is 0 Å². The van der Waals surface area contributed by atoms with E-state index in [1.54, 1.807) is 0 Å². The fraction of sp³-hybridized carbons (Fsp3) is 0.667. The first-order valence-electron chi connectivity index (χ1n) is 8.67. The van der Waals surface area contributed by atoms with Crippen molar-refractivity contribution in [2.45, 2.75) is 53.1 Å². The number of piperidine rings is 1. The maximum Gasteiger partial charge on any atom is 0.407 e. The lowest BCUT2D eigenvalue weighted by Crippen LogP contribution is -2.40. The second kappa shape index (κ2) is 7.68. The second-order valence-electron chi connectivity index (χ2n) is 7.53. The first-order valence-corrected chi connectivity index (χ1v) is 8.67. The van der Waals surface area contributed by atoms with Gasteiger partial charge in [-0.25, -0.2) is 4.79 Å². The van der Waals surface area contributed by atoms with Gasteiger partial charge in [-0.2, -0.15) is 10.4 Å². The van der Waals surface area contributed by atoms with Gasteiger partial charge in [-0.05, 0) is 58.9 Å². The Morgan fingerprint density at radius 1 is 1.32 bits per heavy atom. The summed E-state index contributed by atoms with van der Waals surface area (Å²) in [6.45, 7) is 11.5. The molecule has 1 fully saturated rings. The number of carbonyl (C=O) groups is 1. The molecular formula is C18H27N5O2. The molecule has 0 spiro atoms. The largest absolute Gasteiger partial charge is 0.444 e. The number of carbonyl (C=O) groups excluding carboxylic acids is 1. The van der Waals surface area contributed by atoms with Crippen LogP contribution in [0.25, 0.3) is 0 Å². The summed E-state index contributed by atoms with van der Waals surface area (Å²) in [6.07, 6.45) is 1.48. The molecule has 0 unspecified atom stereocenters. The lowest BCUT2D eigenvalue weighted by Gasteiger charge is -2.33. The van der Waals surface area contributed by atoms with Crippen LogP contribution in [0.3, 0.4) is 0 Å². The molecule has 0 bridgehead atoms. The summed E-state index contributed by atoms with van der Waals surface area (Å²) in [7, 11) is 0. The van der Waals surface area contributed by atoms with Crippen LogP contribution in [0, 0.1) is 31.1 Å². The minimum atomic E-state index is -0.483. The van der Waals surface area contributed by atoms with Gasteiger partial charge >= 0.3 is 6.09 Å². The third kappa shape index (κ3) is 5.05. The summed E-state index contributed by atoms with van der Waals surface area (Å²) < 4.78 is 5.26. The van der Waals surface area contributed by atoms with Crippen LogP contribution in [0.1, 0.15) is 50.4 Å². The molecular weight excluding hydrogens is 318 g/mol. The SMILES string of the molecule is Cc1nnc(N2CCC(CNC(=O)OC(C)(C)C)CC2)c(C#N)c1C. The molecule has 0 radical (unpaired) electrons. The Kier molecular flexibility index (Phi) is 5.83. The van der Waals surface area contributed by atoms with E-state index in [0.29, 0.717) is 23.8 Å². The van der Waals surface area contributed by atoms with E-state index in [1.807, 2.05) is 34.6 Å². The van der Waals surface area contributed by atoms with E-state index in [1.165, 1.54) is 0 Å². The monoisotopic (exact) mass is 345 g/mol. The van der Waals surface area contributed by atoms with E-state index in [2.05, 4.69) is 26.5 Å². The number of alkyl carbamates (subject to hydrolysis) is 1. The Hall–Kier alpha value is -2.36. The van der Waals surface area contributed by atoms with Crippen LogP contribution in [-0.4, -0.2) is 41.5 Å². The molecule has 0 aromatic carbocycles. The quantitative estimate of drug-likeness (QED) is 0.905. The predicted molar refractivity (Wildman–Crippen MR) is 95.4 cm³/mol. The Labute approximate surface area is 149 Å². The molecule has 1 aromatic heterocycles. The zero-order chi connectivity index (χ0) is 18.6. The highest BCUT2D eigenvalue weighted by Gasteiger charge is 2.24. The van der Waals surface area contributed by atoms with Gasteiger partial charge in [0.2, 0.25) is 0 Å². The van der Waals surface area contributed by atoms with Gasteiger partial charge in [0.1, 0.15) is 17.2 Å². The number of ether oxygens (including phenoxy) is 1. The summed E-state index contributed by atoms with van der Waals surface area (Å²) in [6, 6.07) is 2.26.